The van der Waals surface area contributed by atoms with Crippen LogP contribution in [0, 0.1) is 11.8 Å². The van der Waals surface area contributed by atoms with Gasteiger partial charge in [-0.3, -0.25) is 0 Å². The molecule has 2 unspecified atom stereocenters. The molecule has 1 saturated carbocycles. The van der Waals surface area contributed by atoms with Gasteiger partial charge in [0.2, 0.25) is 5.88 Å². The van der Waals surface area contributed by atoms with Crippen molar-refractivity contribution in [2.45, 2.75) is 32.6 Å². The van der Waals surface area contributed by atoms with E-state index in [1.807, 2.05) is 6.07 Å². The second-order valence-electron chi connectivity index (χ2n) is 5.16. The van der Waals surface area contributed by atoms with E-state index in [0.29, 0.717) is 24.3 Å². The molecule has 5 nitrogen and oxygen atoms in total. The van der Waals surface area contributed by atoms with Crippen LogP contribution in [0.1, 0.15) is 32.6 Å². The van der Waals surface area contributed by atoms with Crippen molar-refractivity contribution >= 4 is 5.82 Å². The average Bonchev–Trinajstić information content (AvgIpc) is 2.91. The molecule has 0 amide bonds. The Balaban J connectivity index is 1.85. The number of ether oxygens (including phenoxy) is 1. The normalized spacial score (nSPS) is 22.4. The maximum atomic E-state index is 5.80. The summed E-state index contributed by atoms with van der Waals surface area (Å²) >= 11 is 0. The van der Waals surface area contributed by atoms with Gasteiger partial charge in [0.15, 0.2) is 0 Å². The first-order valence-electron chi connectivity index (χ1n) is 7.22. The molecule has 1 heterocycles. The molecule has 0 bridgehead atoms. The molecule has 0 saturated heterocycles. The van der Waals surface area contributed by atoms with E-state index in [-0.39, 0.29) is 0 Å². The quantitative estimate of drug-likeness (QED) is 0.788. The van der Waals surface area contributed by atoms with Crippen LogP contribution in [0.2, 0.25) is 0 Å². The van der Waals surface area contributed by atoms with Gasteiger partial charge in [-0.2, -0.15) is 0 Å². The van der Waals surface area contributed by atoms with Gasteiger partial charge >= 0.3 is 0 Å². The highest BCUT2D eigenvalue weighted by molar-refractivity contribution is 5.37. The summed E-state index contributed by atoms with van der Waals surface area (Å²) in [6, 6.07) is 1.86. The highest BCUT2D eigenvalue weighted by Gasteiger charge is 2.25. The van der Waals surface area contributed by atoms with Crippen LogP contribution in [0.5, 0.6) is 5.88 Å². The fourth-order valence-electron chi connectivity index (χ4n) is 2.65. The summed E-state index contributed by atoms with van der Waals surface area (Å²) in [6.07, 6.45) is 6.34. The van der Waals surface area contributed by atoms with Gasteiger partial charge in [0, 0.05) is 12.6 Å². The number of nitrogens with zero attached hydrogens (tertiary/aromatic N) is 2. The number of rotatable bonds is 7. The lowest BCUT2D eigenvalue weighted by Gasteiger charge is -2.18. The Morgan fingerprint density at radius 2 is 2.21 bits per heavy atom. The maximum Gasteiger partial charge on any atom is 0.218 e. The first-order valence-corrected chi connectivity index (χ1v) is 7.22. The predicted molar refractivity (Wildman–Crippen MR) is 76.2 cm³/mol. The van der Waals surface area contributed by atoms with E-state index >= 15 is 0 Å². The van der Waals surface area contributed by atoms with Crippen molar-refractivity contribution in [1.29, 1.82) is 0 Å². The van der Waals surface area contributed by atoms with E-state index in [2.05, 4.69) is 22.2 Å². The van der Waals surface area contributed by atoms with E-state index in [1.54, 1.807) is 6.33 Å². The zero-order valence-electron chi connectivity index (χ0n) is 11.6. The van der Waals surface area contributed by atoms with Crippen LogP contribution in [-0.2, 0) is 0 Å². The lowest BCUT2D eigenvalue weighted by atomic mass is 9.96. The Morgan fingerprint density at radius 3 is 3.00 bits per heavy atom. The summed E-state index contributed by atoms with van der Waals surface area (Å²) in [7, 11) is 0. The minimum absolute atomic E-state index is 0.640. The number of aromatic nitrogens is 2. The van der Waals surface area contributed by atoms with Crippen molar-refractivity contribution < 1.29 is 4.74 Å². The van der Waals surface area contributed by atoms with E-state index in [9.17, 15) is 0 Å². The Labute approximate surface area is 115 Å². The van der Waals surface area contributed by atoms with E-state index < -0.39 is 0 Å². The molecule has 3 N–H and O–H groups in total. The summed E-state index contributed by atoms with van der Waals surface area (Å²) in [5.74, 6) is 2.80. The number of nitrogens with two attached hydrogens (primary N) is 1. The SMILES string of the molecule is CCCOc1cc(NCC2CCCC2CN)ncn1. The standard InChI is InChI=1S/C14H24N4O/c1-2-6-19-14-7-13(17-10-18-14)16-9-12-5-3-4-11(12)8-15/h7,10-12H,2-6,8-9,15H2,1H3,(H,16,17,18). The van der Waals surface area contributed by atoms with Gasteiger partial charge in [0.25, 0.3) is 0 Å². The van der Waals surface area contributed by atoms with Crippen molar-refractivity contribution in [1.82, 2.24) is 9.97 Å². The molecule has 1 aliphatic carbocycles. The first kappa shape index (κ1) is 14.1. The molecule has 1 aliphatic rings. The fourth-order valence-corrected chi connectivity index (χ4v) is 2.65. The number of anilines is 1. The highest BCUT2D eigenvalue weighted by atomic mass is 16.5. The molecular formula is C14H24N4O. The van der Waals surface area contributed by atoms with Crippen molar-refractivity contribution in [2.75, 3.05) is 25.0 Å². The van der Waals surface area contributed by atoms with Crippen LogP contribution in [0.3, 0.4) is 0 Å². The van der Waals surface area contributed by atoms with Crippen LogP contribution >= 0.6 is 0 Å². The van der Waals surface area contributed by atoms with Crippen molar-refractivity contribution in [3.63, 3.8) is 0 Å². The Kier molecular flexibility index (Phi) is 5.39. The van der Waals surface area contributed by atoms with E-state index in [0.717, 1.165) is 25.3 Å². The van der Waals surface area contributed by atoms with Gasteiger partial charge in [-0.05, 0) is 37.6 Å². The lowest BCUT2D eigenvalue weighted by molar-refractivity contribution is 0.305. The summed E-state index contributed by atoms with van der Waals surface area (Å²) in [5, 5.41) is 3.38. The molecule has 106 valence electrons. The highest BCUT2D eigenvalue weighted by Crippen LogP contribution is 2.30. The second-order valence-corrected chi connectivity index (χ2v) is 5.16. The molecule has 1 aromatic heterocycles. The largest absolute Gasteiger partial charge is 0.478 e. The first-order chi connectivity index (χ1) is 9.33. The van der Waals surface area contributed by atoms with Crippen LogP contribution in [-0.4, -0.2) is 29.7 Å². The third-order valence-corrected chi connectivity index (χ3v) is 3.76. The molecular weight excluding hydrogens is 240 g/mol. The van der Waals surface area contributed by atoms with Crippen LogP contribution < -0.4 is 15.8 Å². The topological polar surface area (TPSA) is 73.1 Å². The molecule has 1 aromatic rings. The Bertz CT molecular complexity index is 385. The van der Waals surface area contributed by atoms with Gasteiger partial charge in [-0.1, -0.05) is 13.3 Å². The monoisotopic (exact) mass is 264 g/mol. The van der Waals surface area contributed by atoms with Crippen molar-refractivity contribution in [3.05, 3.63) is 12.4 Å². The fraction of sp³-hybridized carbons (Fsp3) is 0.714. The minimum atomic E-state index is 0.640. The molecule has 1 fully saturated rings. The zero-order valence-corrected chi connectivity index (χ0v) is 11.6. The summed E-state index contributed by atoms with van der Waals surface area (Å²) in [4.78, 5) is 8.32. The molecule has 0 radical (unpaired) electrons. The molecule has 2 atom stereocenters. The molecule has 19 heavy (non-hydrogen) atoms. The van der Waals surface area contributed by atoms with Crippen molar-refractivity contribution in [3.8, 4) is 5.88 Å². The van der Waals surface area contributed by atoms with Gasteiger partial charge in [-0.25, -0.2) is 9.97 Å². The minimum Gasteiger partial charge on any atom is -0.478 e. The number of hydrogen-bond acceptors (Lipinski definition) is 5. The van der Waals surface area contributed by atoms with Gasteiger partial charge < -0.3 is 15.8 Å². The third-order valence-electron chi connectivity index (χ3n) is 3.76. The Morgan fingerprint density at radius 1 is 1.37 bits per heavy atom. The smallest absolute Gasteiger partial charge is 0.218 e. The molecule has 0 aliphatic heterocycles. The lowest BCUT2D eigenvalue weighted by Crippen LogP contribution is -2.24. The second kappa shape index (κ2) is 7.28. The van der Waals surface area contributed by atoms with Gasteiger partial charge in [0.1, 0.15) is 12.1 Å². The van der Waals surface area contributed by atoms with Gasteiger partial charge in [0.05, 0.1) is 6.61 Å². The molecule has 5 heteroatoms. The molecule has 0 spiro atoms. The van der Waals surface area contributed by atoms with Crippen molar-refractivity contribution in [2.24, 2.45) is 17.6 Å². The van der Waals surface area contributed by atoms with Crippen LogP contribution in [0.15, 0.2) is 12.4 Å². The number of nitrogens with one attached hydrogen (secondary N) is 1. The van der Waals surface area contributed by atoms with E-state index in [1.165, 1.54) is 19.3 Å². The molecule has 2 rings (SSSR count). The predicted octanol–water partition coefficient (Wildman–Crippen LogP) is 2.05. The summed E-state index contributed by atoms with van der Waals surface area (Å²) < 4.78 is 5.50. The number of hydrogen-bond donors (Lipinski definition) is 2. The van der Waals surface area contributed by atoms with Crippen LogP contribution in [0.4, 0.5) is 5.82 Å². The average molecular weight is 264 g/mol. The summed E-state index contributed by atoms with van der Waals surface area (Å²) in [6.45, 7) is 4.49. The van der Waals surface area contributed by atoms with E-state index in [4.69, 9.17) is 10.5 Å². The van der Waals surface area contributed by atoms with Crippen LogP contribution in [0.25, 0.3) is 0 Å². The Hall–Kier alpha value is -1.36. The summed E-state index contributed by atoms with van der Waals surface area (Å²) in [5.41, 5.74) is 5.80. The zero-order chi connectivity index (χ0) is 13.5. The van der Waals surface area contributed by atoms with Gasteiger partial charge in [-0.15, -0.1) is 0 Å². The maximum absolute atomic E-state index is 5.80. The third kappa shape index (κ3) is 4.06. The molecule has 0 aromatic carbocycles.